The zero-order valence-electron chi connectivity index (χ0n) is 12.2. The minimum absolute atomic E-state index is 0.114. The van der Waals surface area contributed by atoms with Crippen LogP contribution in [0.4, 0.5) is 11.5 Å². The van der Waals surface area contributed by atoms with Crippen molar-refractivity contribution in [1.82, 2.24) is 4.98 Å². The number of aromatic nitrogens is 1. The topological polar surface area (TPSA) is 68.1 Å². The number of pyridine rings is 1. The minimum atomic E-state index is -0.361. The molecule has 5 heteroatoms. The summed E-state index contributed by atoms with van der Waals surface area (Å²) >= 11 is 0. The minimum Gasteiger partial charge on any atom is -0.370 e. The van der Waals surface area contributed by atoms with Gasteiger partial charge in [-0.3, -0.25) is 10.1 Å². The van der Waals surface area contributed by atoms with Gasteiger partial charge in [0.2, 0.25) is 0 Å². The summed E-state index contributed by atoms with van der Waals surface area (Å²) in [6.45, 7) is 8.86. The highest BCUT2D eigenvalue weighted by Gasteiger charge is 2.15. The van der Waals surface area contributed by atoms with Crippen LogP contribution in [0.1, 0.15) is 37.8 Å². The fourth-order valence-corrected chi connectivity index (χ4v) is 2.32. The summed E-state index contributed by atoms with van der Waals surface area (Å²) in [5.41, 5.74) is 2.83. The predicted octanol–water partition coefficient (Wildman–Crippen LogP) is 4.01. The van der Waals surface area contributed by atoms with Crippen LogP contribution >= 0.6 is 0 Å². The normalized spacial score (nSPS) is 11.1. The van der Waals surface area contributed by atoms with Crippen LogP contribution in [0.3, 0.4) is 0 Å². The molecule has 0 saturated carbocycles. The maximum Gasteiger partial charge on any atom is 0.270 e. The van der Waals surface area contributed by atoms with E-state index in [1.807, 2.05) is 19.9 Å². The summed E-state index contributed by atoms with van der Waals surface area (Å²) in [6, 6.07) is 5.17. The van der Waals surface area contributed by atoms with E-state index in [2.05, 4.69) is 24.1 Å². The average molecular weight is 273 g/mol. The Kier molecular flexibility index (Phi) is 3.88. The molecule has 2 rings (SSSR count). The van der Waals surface area contributed by atoms with Gasteiger partial charge in [-0.2, -0.15) is 0 Å². The standard InChI is InChI=1S/C15H19N3O2/c1-5-16-15-13(9(2)3)8-11-7-12(18(19)20)6-10(4)14(11)17-15/h6-9H,5H2,1-4H3,(H,16,17). The van der Waals surface area contributed by atoms with Gasteiger partial charge in [0.05, 0.1) is 10.4 Å². The lowest BCUT2D eigenvalue weighted by Crippen LogP contribution is -2.05. The first-order valence-corrected chi connectivity index (χ1v) is 6.77. The largest absolute Gasteiger partial charge is 0.370 e. The predicted molar refractivity (Wildman–Crippen MR) is 81.4 cm³/mol. The van der Waals surface area contributed by atoms with Gasteiger partial charge in [0.25, 0.3) is 5.69 Å². The third-order valence-electron chi connectivity index (χ3n) is 3.30. The van der Waals surface area contributed by atoms with E-state index in [-0.39, 0.29) is 10.6 Å². The Bertz CT molecular complexity index is 666. The molecule has 2 aromatic rings. The van der Waals surface area contributed by atoms with Gasteiger partial charge in [-0.25, -0.2) is 4.98 Å². The van der Waals surface area contributed by atoms with Crippen molar-refractivity contribution in [1.29, 1.82) is 0 Å². The van der Waals surface area contributed by atoms with Crippen LogP contribution < -0.4 is 5.32 Å². The molecule has 20 heavy (non-hydrogen) atoms. The van der Waals surface area contributed by atoms with Gasteiger partial charge in [0.15, 0.2) is 0 Å². The number of rotatable bonds is 4. The number of aryl methyl sites for hydroxylation is 1. The molecule has 0 saturated heterocycles. The van der Waals surface area contributed by atoms with E-state index in [4.69, 9.17) is 0 Å². The molecule has 106 valence electrons. The average Bonchev–Trinajstić information content (AvgIpc) is 2.38. The van der Waals surface area contributed by atoms with Crippen LogP contribution in [0.5, 0.6) is 0 Å². The van der Waals surface area contributed by atoms with Crippen molar-refractivity contribution in [2.45, 2.75) is 33.6 Å². The van der Waals surface area contributed by atoms with E-state index in [9.17, 15) is 10.1 Å². The Morgan fingerprint density at radius 1 is 1.35 bits per heavy atom. The smallest absolute Gasteiger partial charge is 0.270 e. The molecule has 0 aliphatic rings. The number of anilines is 1. The molecule has 0 radical (unpaired) electrons. The number of nitrogens with one attached hydrogen (secondary N) is 1. The third kappa shape index (κ3) is 2.57. The van der Waals surface area contributed by atoms with Crippen LogP contribution in [-0.4, -0.2) is 16.5 Å². The molecule has 0 spiro atoms. The molecule has 0 amide bonds. The molecule has 0 atom stereocenters. The number of benzene rings is 1. The number of nitrogens with zero attached hydrogens (tertiary/aromatic N) is 2. The number of non-ortho nitro benzene ring substituents is 1. The van der Waals surface area contributed by atoms with Crippen LogP contribution in [0.2, 0.25) is 0 Å². The monoisotopic (exact) mass is 273 g/mol. The maximum absolute atomic E-state index is 11.0. The van der Waals surface area contributed by atoms with Crippen molar-refractivity contribution in [3.8, 4) is 0 Å². The second-order valence-corrected chi connectivity index (χ2v) is 5.20. The zero-order chi connectivity index (χ0) is 14.9. The third-order valence-corrected chi connectivity index (χ3v) is 3.30. The first-order valence-electron chi connectivity index (χ1n) is 6.77. The van der Waals surface area contributed by atoms with Crippen molar-refractivity contribution >= 4 is 22.4 Å². The highest BCUT2D eigenvalue weighted by atomic mass is 16.6. The van der Waals surface area contributed by atoms with Gasteiger partial charge in [-0.1, -0.05) is 13.8 Å². The van der Waals surface area contributed by atoms with Gasteiger partial charge in [-0.05, 0) is 37.0 Å². The number of fused-ring (bicyclic) bond motifs is 1. The second-order valence-electron chi connectivity index (χ2n) is 5.20. The summed E-state index contributed by atoms with van der Waals surface area (Å²) in [7, 11) is 0. The lowest BCUT2D eigenvalue weighted by Gasteiger charge is -2.15. The molecule has 1 aromatic heterocycles. The zero-order valence-corrected chi connectivity index (χ0v) is 12.2. The van der Waals surface area contributed by atoms with E-state index < -0.39 is 0 Å². The van der Waals surface area contributed by atoms with E-state index in [0.29, 0.717) is 5.92 Å². The summed E-state index contributed by atoms with van der Waals surface area (Å²) < 4.78 is 0. The quantitative estimate of drug-likeness (QED) is 0.675. The van der Waals surface area contributed by atoms with Gasteiger partial charge in [0.1, 0.15) is 5.82 Å². The van der Waals surface area contributed by atoms with Gasteiger partial charge in [0, 0.05) is 24.1 Å². The molecule has 5 nitrogen and oxygen atoms in total. The Hall–Kier alpha value is -2.17. The maximum atomic E-state index is 11.0. The molecule has 1 N–H and O–H groups in total. The van der Waals surface area contributed by atoms with Crippen molar-refractivity contribution < 1.29 is 4.92 Å². The van der Waals surface area contributed by atoms with E-state index in [0.717, 1.165) is 34.4 Å². The fraction of sp³-hybridized carbons (Fsp3) is 0.400. The molecule has 0 unspecified atom stereocenters. The molecular weight excluding hydrogens is 254 g/mol. The number of hydrogen-bond donors (Lipinski definition) is 1. The molecule has 1 heterocycles. The number of nitro benzene ring substituents is 1. The van der Waals surface area contributed by atoms with Crippen molar-refractivity contribution in [2.24, 2.45) is 0 Å². The van der Waals surface area contributed by atoms with Gasteiger partial charge >= 0.3 is 0 Å². The van der Waals surface area contributed by atoms with Crippen LogP contribution in [0, 0.1) is 17.0 Å². The van der Waals surface area contributed by atoms with Gasteiger partial charge in [-0.15, -0.1) is 0 Å². The Morgan fingerprint density at radius 3 is 2.60 bits per heavy atom. The highest BCUT2D eigenvalue weighted by molar-refractivity contribution is 5.87. The van der Waals surface area contributed by atoms with E-state index in [1.165, 1.54) is 0 Å². The number of nitro groups is 1. The van der Waals surface area contributed by atoms with Crippen molar-refractivity contribution in [2.75, 3.05) is 11.9 Å². The Balaban J connectivity index is 2.73. The van der Waals surface area contributed by atoms with Gasteiger partial charge < -0.3 is 5.32 Å². The Labute approximate surface area is 118 Å². The molecule has 0 fully saturated rings. The SMILES string of the molecule is CCNc1nc2c(C)cc([N+](=O)[O-])cc2cc1C(C)C. The first kappa shape index (κ1) is 14.2. The highest BCUT2D eigenvalue weighted by Crippen LogP contribution is 2.30. The summed E-state index contributed by atoms with van der Waals surface area (Å²) in [5, 5.41) is 15.0. The second kappa shape index (κ2) is 5.45. The molecule has 0 aliphatic carbocycles. The molecule has 1 aromatic carbocycles. The van der Waals surface area contributed by atoms with E-state index >= 15 is 0 Å². The summed E-state index contributed by atoms with van der Waals surface area (Å²) in [4.78, 5) is 15.2. The fourth-order valence-electron chi connectivity index (χ4n) is 2.32. The van der Waals surface area contributed by atoms with Crippen LogP contribution in [-0.2, 0) is 0 Å². The molecule has 0 aliphatic heterocycles. The van der Waals surface area contributed by atoms with Crippen LogP contribution in [0.25, 0.3) is 10.9 Å². The number of hydrogen-bond acceptors (Lipinski definition) is 4. The Morgan fingerprint density at radius 2 is 2.05 bits per heavy atom. The lowest BCUT2D eigenvalue weighted by molar-refractivity contribution is -0.384. The van der Waals surface area contributed by atoms with E-state index in [1.54, 1.807) is 12.1 Å². The van der Waals surface area contributed by atoms with Crippen molar-refractivity contribution in [3.05, 3.63) is 39.4 Å². The van der Waals surface area contributed by atoms with Crippen LogP contribution in [0.15, 0.2) is 18.2 Å². The van der Waals surface area contributed by atoms with Crippen molar-refractivity contribution in [3.63, 3.8) is 0 Å². The molecule has 0 bridgehead atoms. The lowest BCUT2D eigenvalue weighted by atomic mass is 10.00. The summed E-state index contributed by atoms with van der Waals surface area (Å²) in [6.07, 6.45) is 0. The first-order chi connectivity index (χ1) is 9.43. The summed E-state index contributed by atoms with van der Waals surface area (Å²) in [5.74, 6) is 1.17. The molecular formula is C15H19N3O2.